The summed E-state index contributed by atoms with van der Waals surface area (Å²) in [6, 6.07) is 6.00. The minimum atomic E-state index is -0.706. The Morgan fingerprint density at radius 1 is 1.50 bits per heavy atom. The summed E-state index contributed by atoms with van der Waals surface area (Å²) in [7, 11) is 1.62. The van der Waals surface area contributed by atoms with Gasteiger partial charge in [-0.3, -0.25) is 4.79 Å². The van der Waals surface area contributed by atoms with Crippen LogP contribution in [-0.4, -0.2) is 22.9 Å². The Balaban J connectivity index is 2.29. The van der Waals surface area contributed by atoms with Crippen LogP contribution in [0.3, 0.4) is 0 Å². The number of thioether (sulfide) groups is 1. The fourth-order valence-electron chi connectivity index (χ4n) is 2.09. The van der Waals surface area contributed by atoms with Gasteiger partial charge in [0.1, 0.15) is 10.5 Å². The largest absolute Gasteiger partial charge is 0.496 e. The number of aliphatic carboxylic acids is 1. The van der Waals surface area contributed by atoms with Crippen molar-refractivity contribution in [3.63, 3.8) is 0 Å². The van der Waals surface area contributed by atoms with Crippen LogP contribution in [0, 0.1) is 0 Å². The molecular formula is C14H18O3S. The summed E-state index contributed by atoms with van der Waals surface area (Å²) in [5.74, 6) is 0.0624. The number of methoxy groups -OCH3 is 1. The Bertz CT molecular complexity index is 452. The second-order valence-electron chi connectivity index (χ2n) is 4.59. The first-order chi connectivity index (χ1) is 8.61. The number of aryl methyl sites for hydroxylation is 1. The lowest BCUT2D eigenvalue weighted by Gasteiger charge is -2.37. The smallest absolute Gasteiger partial charge is 0.320 e. The molecule has 0 bridgehead atoms. The Labute approximate surface area is 112 Å². The lowest BCUT2D eigenvalue weighted by atomic mass is 9.84. The third-order valence-corrected chi connectivity index (χ3v) is 5.01. The van der Waals surface area contributed by atoms with Gasteiger partial charge in [0.2, 0.25) is 0 Å². The molecule has 1 saturated carbocycles. The topological polar surface area (TPSA) is 46.5 Å². The van der Waals surface area contributed by atoms with E-state index in [1.807, 2.05) is 18.2 Å². The summed E-state index contributed by atoms with van der Waals surface area (Å²) < 4.78 is 4.69. The summed E-state index contributed by atoms with van der Waals surface area (Å²) in [4.78, 5) is 12.3. The average Bonchev–Trinajstić information content (AvgIpc) is 2.32. The van der Waals surface area contributed by atoms with E-state index in [4.69, 9.17) is 4.74 Å². The van der Waals surface area contributed by atoms with E-state index in [-0.39, 0.29) is 0 Å². The van der Waals surface area contributed by atoms with E-state index in [1.54, 1.807) is 7.11 Å². The maximum Gasteiger partial charge on any atom is 0.320 e. The highest BCUT2D eigenvalue weighted by Crippen LogP contribution is 2.50. The molecule has 2 rings (SSSR count). The van der Waals surface area contributed by atoms with Crippen molar-refractivity contribution in [3.8, 4) is 5.75 Å². The van der Waals surface area contributed by atoms with E-state index in [9.17, 15) is 9.90 Å². The summed E-state index contributed by atoms with van der Waals surface area (Å²) in [5.41, 5.74) is 1.21. The molecule has 0 aromatic heterocycles. The van der Waals surface area contributed by atoms with Crippen LogP contribution in [0.1, 0.15) is 31.7 Å². The first kappa shape index (κ1) is 13.3. The zero-order valence-corrected chi connectivity index (χ0v) is 11.5. The van der Waals surface area contributed by atoms with Crippen LogP contribution in [0.15, 0.2) is 23.1 Å². The summed E-state index contributed by atoms with van der Waals surface area (Å²) in [6.07, 6.45) is 3.42. The van der Waals surface area contributed by atoms with E-state index >= 15 is 0 Å². The Kier molecular flexibility index (Phi) is 3.85. The molecule has 0 atom stereocenters. The fourth-order valence-corrected chi connectivity index (χ4v) is 3.55. The molecule has 4 heteroatoms. The van der Waals surface area contributed by atoms with Gasteiger partial charge >= 0.3 is 5.97 Å². The van der Waals surface area contributed by atoms with Gasteiger partial charge in [0.05, 0.1) is 12.0 Å². The minimum absolute atomic E-state index is 0.639. The normalized spacial score (nSPS) is 17.0. The van der Waals surface area contributed by atoms with Crippen LogP contribution in [0.4, 0.5) is 0 Å². The van der Waals surface area contributed by atoms with Crippen molar-refractivity contribution in [1.29, 1.82) is 0 Å². The molecule has 1 aliphatic rings. The molecule has 0 radical (unpaired) electrons. The molecule has 1 fully saturated rings. The molecule has 1 aromatic carbocycles. The van der Waals surface area contributed by atoms with Gasteiger partial charge in [0, 0.05) is 0 Å². The highest BCUT2D eigenvalue weighted by molar-refractivity contribution is 8.01. The highest BCUT2D eigenvalue weighted by Gasteiger charge is 2.45. The quantitative estimate of drug-likeness (QED) is 0.887. The van der Waals surface area contributed by atoms with Crippen LogP contribution in [0.25, 0.3) is 0 Å². The van der Waals surface area contributed by atoms with Crippen molar-refractivity contribution >= 4 is 17.7 Å². The average molecular weight is 266 g/mol. The van der Waals surface area contributed by atoms with Gasteiger partial charge in [-0.1, -0.05) is 13.0 Å². The van der Waals surface area contributed by atoms with Crippen LogP contribution >= 0.6 is 11.8 Å². The Morgan fingerprint density at radius 3 is 2.67 bits per heavy atom. The molecule has 3 nitrogen and oxygen atoms in total. The van der Waals surface area contributed by atoms with E-state index in [0.717, 1.165) is 36.3 Å². The maximum atomic E-state index is 11.4. The van der Waals surface area contributed by atoms with Gasteiger partial charge in [-0.15, -0.1) is 11.8 Å². The molecule has 98 valence electrons. The van der Waals surface area contributed by atoms with E-state index < -0.39 is 10.7 Å². The van der Waals surface area contributed by atoms with Crippen molar-refractivity contribution in [2.75, 3.05) is 7.11 Å². The third kappa shape index (κ3) is 2.34. The zero-order valence-electron chi connectivity index (χ0n) is 10.7. The molecule has 0 amide bonds. The monoisotopic (exact) mass is 266 g/mol. The number of carbonyl (C=O) groups is 1. The van der Waals surface area contributed by atoms with Crippen LogP contribution in [0.5, 0.6) is 5.75 Å². The molecule has 1 aromatic rings. The van der Waals surface area contributed by atoms with Crippen molar-refractivity contribution in [1.82, 2.24) is 0 Å². The van der Waals surface area contributed by atoms with Gasteiger partial charge in [-0.05, 0) is 43.4 Å². The Morgan fingerprint density at radius 2 is 2.22 bits per heavy atom. The predicted octanol–water partition coefficient (Wildman–Crippen LogP) is 3.36. The fraction of sp³-hybridized carbons (Fsp3) is 0.500. The number of rotatable bonds is 5. The van der Waals surface area contributed by atoms with Crippen LogP contribution in [-0.2, 0) is 11.2 Å². The lowest BCUT2D eigenvalue weighted by Crippen LogP contribution is -2.41. The van der Waals surface area contributed by atoms with Gasteiger partial charge in [-0.25, -0.2) is 0 Å². The molecule has 0 unspecified atom stereocenters. The molecule has 18 heavy (non-hydrogen) atoms. The summed E-state index contributed by atoms with van der Waals surface area (Å²) >= 11 is 1.44. The van der Waals surface area contributed by atoms with Gasteiger partial charge < -0.3 is 9.84 Å². The Hall–Kier alpha value is -1.16. The van der Waals surface area contributed by atoms with Crippen LogP contribution in [0.2, 0.25) is 0 Å². The van der Waals surface area contributed by atoms with Gasteiger partial charge in [-0.2, -0.15) is 0 Å². The first-order valence-electron chi connectivity index (χ1n) is 6.20. The summed E-state index contributed by atoms with van der Waals surface area (Å²) in [6.45, 7) is 2.09. The number of carboxylic acids is 1. The van der Waals surface area contributed by atoms with Gasteiger partial charge in [0.15, 0.2) is 0 Å². The van der Waals surface area contributed by atoms with E-state index in [1.165, 1.54) is 17.3 Å². The molecule has 1 aliphatic carbocycles. The summed E-state index contributed by atoms with van der Waals surface area (Å²) in [5, 5.41) is 9.37. The van der Waals surface area contributed by atoms with Crippen molar-refractivity contribution in [2.45, 2.75) is 42.2 Å². The molecule has 0 aliphatic heterocycles. The van der Waals surface area contributed by atoms with Gasteiger partial charge in [0.25, 0.3) is 0 Å². The second kappa shape index (κ2) is 5.22. The molecule has 0 spiro atoms. The van der Waals surface area contributed by atoms with Crippen molar-refractivity contribution in [2.24, 2.45) is 0 Å². The SMILES string of the molecule is CCc1ccc(OC)c(SC2(C(=O)O)CCC2)c1. The minimum Gasteiger partial charge on any atom is -0.496 e. The number of carboxylic acid groups (broad SMARTS) is 1. The van der Waals surface area contributed by atoms with E-state index in [0.29, 0.717) is 0 Å². The molecule has 0 saturated heterocycles. The highest BCUT2D eigenvalue weighted by atomic mass is 32.2. The van der Waals surface area contributed by atoms with Crippen molar-refractivity contribution in [3.05, 3.63) is 23.8 Å². The second-order valence-corrected chi connectivity index (χ2v) is 6.02. The predicted molar refractivity (Wildman–Crippen MR) is 72.4 cm³/mol. The zero-order chi connectivity index (χ0) is 13.2. The lowest BCUT2D eigenvalue weighted by molar-refractivity contribution is -0.142. The first-order valence-corrected chi connectivity index (χ1v) is 7.02. The number of hydrogen-bond donors (Lipinski definition) is 1. The maximum absolute atomic E-state index is 11.4. The van der Waals surface area contributed by atoms with E-state index in [2.05, 4.69) is 6.92 Å². The molecule has 0 heterocycles. The molecular weight excluding hydrogens is 248 g/mol. The number of benzene rings is 1. The third-order valence-electron chi connectivity index (χ3n) is 3.49. The number of hydrogen-bond acceptors (Lipinski definition) is 3. The van der Waals surface area contributed by atoms with Crippen molar-refractivity contribution < 1.29 is 14.6 Å². The number of ether oxygens (including phenoxy) is 1. The van der Waals surface area contributed by atoms with Crippen LogP contribution < -0.4 is 4.74 Å². The standard InChI is InChI=1S/C14H18O3S/c1-3-10-5-6-11(17-2)12(9-10)18-14(13(15)16)7-4-8-14/h5-6,9H,3-4,7-8H2,1-2H3,(H,15,16). The molecule has 1 N–H and O–H groups in total.